The van der Waals surface area contributed by atoms with Crippen LogP contribution in [0.3, 0.4) is 0 Å². The number of hydrogen-bond acceptors (Lipinski definition) is 6. The van der Waals surface area contributed by atoms with Crippen molar-refractivity contribution < 1.29 is 0 Å². The monoisotopic (exact) mass is 831 g/mol. The van der Waals surface area contributed by atoms with Gasteiger partial charge in [-0.3, -0.25) is 4.98 Å². The van der Waals surface area contributed by atoms with Crippen LogP contribution < -0.4 is 0 Å². The van der Waals surface area contributed by atoms with Crippen LogP contribution >= 0.6 is 11.3 Å². The second-order valence-corrected chi connectivity index (χ2v) is 17.6. The van der Waals surface area contributed by atoms with Crippen LogP contribution in [0.4, 0.5) is 0 Å². The number of thiophene rings is 1. The number of nitriles is 1. The first-order valence-corrected chi connectivity index (χ1v) is 22.1. The third kappa shape index (κ3) is 5.41. The molecule has 13 rings (SSSR count). The second kappa shape index (κ2) is 14.1. The Hall–Kier alpha value is -8.37. The molecule has 64 heavy (non-hydrogen) atoms. The number of fused-ring (bicyclic) bond motifs is 13. The molecule has 2 aliphatic carbocycles. The van der Waals surface area contributed by atoms with E-state index >= 15 is 0 Å². The molecule has 6 heteroatoms. The summed E-state index contributed by atoms with van der Waals surface area (Å²) in [5.41, 5.74) is 16.4. The van der Waals surface area contributed by atoms with E-state index in [1.807, 2.05) is 48.7 Å². The lowest BCUT2D eigenvalue weighted by molar-refractivity contribution is 0.793. The van der Waals surface area contributed by atoms with Crippen molar-refractivity contribution in [2.45, 2.75) is 5.41 Å². The van der Waals surface area contributed by atoms with E-state index in [1.54, 1.807) is 17.5 Å². The fourth-order valence-electron chi connectivity index (χ4n) is 10.2. The lowest BCUT2D eigenvalue weighted by Crippen LogP contribution is -2.26. The van der Waals surface area contributed by atoms with E-state index in [1.165, 1.54) is 53.6 Å². The summed E-state index contributed by atoms with van der Waals surface area (Å²) in [5.74, 6) is 1.81. The molecular weight excluding hydrogens is 799 g/mol. The number of hydrogen-bond donors (Lipinski definition) is 0. The van der Waals surface area contributed by atoms with Crippen LogP contribution in [0.1, 0.15) is 27.8 Å². The molecule has 0 saturated heterocycles. The predicted octanol–water partition coefficient (Wildman–Crippen LogP) is 14.2. The van der Waals surface area contributed by atoms with Crippen molar-refractivity contribution in [1.82, 2.24) is 19.9 Å². The fraction of sp³-hybridized carbons (Fsp3) is 0.0172. The van der Waals surface area contributed by atoms with Crippen molar-refractivity contribution in [3.8, 4) is 84.7 Å². The lowest BCUT2D eigenvalue weighted by Gasteiger charge is -2.30. The van der Waals surface area contributed by atoms with E-state index in [9.17, 15) is 5.26 Å². The Morgan fingerprint density at radius 1 is 0.391 bits per heavy atom. The second-order valence-electron chi connectivity index (χ2n) is 16.5. The fourth-order valence-corrected chi connectivity index (χ4v) is 11.4. The van der Waals surface area contributed by atoms with Crippen LogP contribution in [0, 0.1) is 11.3 Å². The zero-order valence-electron chi connectivity index (χ0n) is 34.2. The number of pyridine rings is 1. The van der Waals surface area contributed by atoms with Crippen molar-refractivity contribution in [2.75, 3.05) is 0 Å². The zero-order chi connectivity index (χ0) is 42.4. The van der Waals surface area contributed by atoms with Gasteiger partial charge < -0.3 is 0 Å². The van der Waals surface area contributed by atoms with Gasteiger partial charge in [0.1, 0.15) is 0 Å². The molecule has 0 N–H and O–H groups in total. The summed E-state index contributed by atoms with van der Waals surface area (Å²) >= 11 is 1.79. The average Bonchev–Trinajstić information content (AvgIpc) is 4.00. The molecule has 0 aliphatic heterocycles. The molecule has 0 atom stereocenters. The Morgan fingerprint density at radius 3 is 1.72 bits per heavy atom. The Bertz CT molecular complexity index is 3710. The summed E-state index contributed by atoms with van der Waals surface area (Å²) in [7, 11) is 0. The highest BCUT2D eigenvalue weighted by atomic mass is 32.1. The van der Waals surface area contributed by atoms with Crippen LogP contribution in [0.2, 0.25) is 0 Å². The molecule has 8 aromatic carbocycles. The Balaban J connectivity index is 1.03. The molecule has 0 saturated carbocycles. The Kier molecular flexibility index (Phi) is 7.99. The van der Waals surface area contributed by atoms with Crippen molar-refractivity contribution >= 4 is 31.5 Å². The molecular formula is C58H33N5S. The molecule has 0 radical (unpaired) electrons. The van der Waals surface area contributed by atoms with Gasteiger partial charge in [-0.1, -0.05) is 133 Å². The lowest BCUT2D eigenvalue weighted by atomic mass is 9.70. The molecule has 5 nitrogen and oxygen atoms in total. The summed E-state index contributed by atoms with van der Waals surface area (Å²) in [6.45, 7) is 0. The third-order valence-electron chi connectivity index (χ3n) is 13.0. The molecule has 3 heterocycles. The standard InChI is InChI=1S/C58H33N5S/c59-33-35-20-23-45-46-24-21-37(31-52(46)58(51(45)27-35)49-17-7-4-14-43(49)44-15-5-8-18-50(44)58)40-28-41(39-13-10-26-60-34-39)30-42(29-40)57-62-55(36-11-2-1-3-12-36)61-56(63-57)38-22-25-48-47-16-6-9-19-53(47)64-54(48)32-38/h1-32,34H. The van der Waals surface area contributed by atoms with Crippen LogP contribution in [-0.2, 0) is 5.41 Å². The van der Waals surface area contributed by atoms with Crippen LogP contribution in [0.15, 0.2) is 200 Å². The summed E-state index contributed by atoms with van der Waals surface area (Å²) in [5, 5.41) is 12.7. The summed E-state index contributed by atoms with van der Waals surface area (Å²) in [6, 6.07) is 68.9. The van der Waals surface area contributed by atoms with Gasteiger partial charge >= 0.3 is 0 Å². The highest BCUT2D eigenvalue weighted by Crippen LogP contribution is 2.63. The van der Waals surface area contributed by atoms with Gasteiger partial charge in [-0.2, -0.15) is 5.26 Å². The molecule has 11 aromatic rings. The highest BCUT2D eigenvalue weighted by Gasteiger charge is 2.51. The molecule has 2 aliphatic rings. The molecule has 296 valence electrons. The van der Waals surface area contributed by atoms with E-state index in [-0.39, 0.29) is 0 Å². The van der Waals surface area contributed by atoms with Gasteiger partial charge in [-0.05, 0) is 116 Å². The molecule has 1 spiro atoms. The first-order valence-electron chi connectivity index (χ1n) is 21.3. The maximum atomic E-state index is 10.2. The van der Waals surface area contributed by atoms with E-state index in [0.717, 1.165) is 50.1 Å². The van der Waals surface area contributed by atoms with Gasteiger partial charge in [0.15, 0.2) is 17.5 Å². The van der Waals surface area contributed by atoms with Crippen molar-refractivity contribution in [3.63, 3.8) is 0 Å². The molecule has 0 fully saturated rings. The van der Waals surface area contributed by atoms with E-state index < -0.39 is 5.41 Å². The predicted molar refractivity (Wildman–Crippen MR) is 259 cm³/mol. The zero-order valence-corrected chi connectivity index (χ0v) is 35.0. The minimum Gasteiger partial charge on any atom is -0.264 e. The molecule has 0 unspecified atom stereocenters. The van der Waals surface area contributed by atoms with E-state index in [4.69, 9.17) is 15.0 Å². The van der Waals surface area contributed by atoms with Crippen molar-refractivity contribution in [3.05, 3.63) is 228 Å². The van der Waals surface area contributed by atoms with Crippen LogP contribution in [0.25, 0.3) is 98.8 Å². The van der Waals surface area contributed by atoms with Crippen LogP contribution in [0.5, 0.6) is 0 Å². The van der Waals surface area contributed by atoms with Gasteiger partial charge in [0.2, 0.25) is 0 Å². The van der Waals surface area contributed by atoms with E-state index in [2.05, 4.69) is 157 Å². The van der Waals surface area contributed by atoms with Gasteiger partial charge in [0.05, 0.1) is 17.0 Å². The average molecular weight is 832 g/mol. The smallest absolute Gasteiger partial charge is 0.164 e. The third-order valence-corrected chi connectivity index (χ3v) is 14.2. The first kappa shape index (κ1) is 36.3. The number of benzene rings is 8. The van der Waals surface area contributed by atoms with Gasteiger partial charge in [0, 0.05) is 54.8 Å². The first-order chi connectivity index (χ1) is 31.6. The SMILES string of the molecule is N#Cc1ccc2c(c1)C1(c3ccccc3-c3ccccc31)c1cc(-c3cc(-c4cccnc4)cc(-c4nc(-c5ccccc5)nc(-c5ccc6c(c5)sc5ccccc56)n4)c3)ccc1-2. The number of nitrogens with zero attached hydrogens (tertiary/aromatic N) is 5. The maximum Gasteiger partial charge on any atom is 0.164 e. The van der Waals surface area contributed by atoms with Crippen molar-refractivity contribution in [1.29, 1.82) is 5.26 Å². The minimum absolute atomic E-state index is 0.583. The minimum atomic E-state index is -0.603. The quantitative estimate of drug-likeness (QED) is 0.173. The largest absolute Gasteiger partial charge is 0.264 e. The summed E-state index contributed by atoms with van der Waals surface area (Å²) in [6.07, 6.45) is 3.71. The normalized spacial score (nSPS) is 12.8. The summed E-state index contributed by atoms with van der Waals surface area (Å²) < 4.78 is 2.45. The van der Waals surface area contributed by atoms with Crippen LogP contribution in [-0.4, -0.2) is 19.9 Å². The summed E-state index contributed by atoms with van der Waals surface area (Å²) in [4.78, 5) is 20.1. The van der Waals surface area contributed by atoms with Gasteiger partial charge in [-0.25, -0.2) is 15.0 Å². The molecule has 3 aromatic heterocycles. The number of aromatic nitrogens is 4. The Morgan fingerprint density at radius 2 is 0.969 bits per heavy atom. The van der Waals surface area contributed by atoms with Gasteiger partial charge in [-0.15, -0.1) is 11.3 Å². The maximum absolute atomic E-state index is 10.2. The van der Waals surface area contributed by atoms with Crippen molar-refractivity contribution in [2.24, 2.45) is 0 Å². The van der Waals surface area contributed by atoms with E-state index in [0.29, 0.717) is 23.0 Å². The van der Waals surface area contributed by atoms with Gasteiger partial charge in [0.25, 0.3) is 0 Å². The molecule has 0 bridgehead atoms. The molecule has 0 amide bonds. The Labute approximate surface area is 373 Å². The highest BCUT2D eigenvalue weighted by molar-refractivity contribution is 7.25. The number of rotatable bonds is 5. The topological polar surface area (TPSA) is 75.3 Å².